The van der Waals surface area contributed by atoms with Gasteiger partial charge in [-0.1, -0.05) is 49.5 Å². The van der Waals surface area contributed by atoms with Crippen molar-refractivity contribution in [1.82, 2.24) is 4.98 Å². The summed E-state index contributed by atoms with van der Waals surface area (Å²) in [6.45, 7) is 3.84. The first-order valence-corrected chi connectivity index (χ1v) is 7.17. The van der Waals surface area contributed by atoms with Crippen molar-refractivity contribution in [2.75, 3.05) is 5.32 Å². The second-order valence-corrected chi connectivity index (χ2v) is 6.10. The molecule has 0 bridgehead atoms. The van der Waals surface area contributed by atoms with E-state index in [-0.39, 0.29) is 16.8 Å². The number of amides is 1. The number of anilines is 1. The Labute approximate surface area is 121 Å². The summed E-state index contributed by atoms with van der Waals surface area (Å²) in [7, 11) is 0. The van der Waals surface area contributed by atoms with E-state index in [4.69, 9.17) is 18.0 Å². The third kappa shape index (κ3) is 3.08. The fraction of sp³-hybridized carbons (Fsp3) is 0.308. The van der Waals surface area contributed by atoms with Crippen LogP contribution in [-0.2, 0) is 4.79 Å². The lowest BCUT2D eigenvalue weighted by molar-refractivity contribution is -0.118. The molecular weight excluding hydrogens is 278 g/mol. The molecule has 2 rings (SSSR count). The molecule has 0 aliphatic rings. The topological polar surface area (TPSA) is 68.0 Å². The Morgan fingerprint density at radius 1 is 1.42 bits per heavy atom. The van der Waals surface area contributed by atoms with Crippen LogP contribution in [-0.4, -0.2) is 15.9 Å². The van der Waals surface area contributed by atoms with E-state index in [1.54, 1.807) is 0 Å². The predicted molar refractivity (Wildman–Crippen MR) is 83.4 cm³/mol. The number of para-hydroxylation sites is 1. The summed E-state index contributed by atoms with van der Waals surface area (Å²) in [6.07, 6.45) is 0. The summed E-state index contributed by atoms with van der Waals surface area (Å²) in [6, 6.07) is 7.74. The molecule has 0 saturated carbocycles. The molecular formula is C13H15N3OS2. The Morgan fingerprint density at radius 2 is 2.11 bits per heavy atom. The number of hydrogen-bond donors (Lipinski definition) is 2. The molecule has 19 heavy (non-hydrogen) atoms. The second-order valence-electron chi connectivity index (χ2n) is 4.60. The third-order valence-corrected chi connectivity index (χ3v) is 3.99. The van der Waals surface area contributed by atoms with Crippen LogP contribution in [0.25, 0.3) is 10.2 Å². The molecule has 100 valence electrons. The van der Waals surface area contributed by atoms with Crippen LogP contribution < -0.4 is 11.1 Å². The molecule has 0 aliphatic heterocycles. The molecule has 1 atom stereocenters. The maximum absolute atomic E-state index is 12.2. The number of fused-ring (bicyclic) bond motifs is 1. The van der Waals surface area contributed by atoms with Crippen molar-refractivity contribution in [3.63, 3.8) is 0 Å². The molecule has 4 nitrogen and oxygen atoms in total. The van der Waals surface area contributed by atoms with E-state index < -0.39 is 5.92 Å². The Balaban J connectivity index is 2.20. The number of aromatic nitrogens is 1. The van der Waals surface area contributed by atoms with Crippen molar-refractivity contribution in [1.29, 1.82) is 0 Å². The first-order valence-electron chi connectivity index (χ1n) is 5.95. The second kappa shape index (κ2) is 5.63. The van der Waals surface area contributed by atoms with Crippen LogP contribution >= 0.6 is 23.6 Å². The van der Waals surface area contributed by atoms with Crippen molar-refractivity contribution in [2.45, 2.75) is 13.8 Å². The number of hydrogen-bond acceptors (Lipinski definition) is 4. The smallest absolute Gasteiger partial charge is 0.236 e. The summed E-state index contributed by atoms with van der Waals surface area (Å²) in [5.74, 6) is -0.601. The molecule has 0 fully saturated rings. The quantitative estimate of drug-likeness (QED) is 0.851. The first kappa shape index (κ1) is 13.9. The van der Waals surface area contributed by atoms with E-state index in [1.807, 2.05) is 38.1 Å². The third-order valence-electron chi connectivity index (χ3n) is 2.78. The van der Waals surface area contributed by atoms with Gasteiger partial charge in [-0.15, -0.1) is 0 Å². The minimum atomic E-state index is -0.470. The zero-order chi connectivity index (χ0) is 14.0. The maximum atomic E-state index is 12.2. The minimum Gasteiger partial charge on any atom is -0.393 e. The van der Waals surface area contributed by atoms with Crippen molar-refractivity contribution < 1.29 is 4.79 Å². The van der Waals surface area contributed by atoms with E-state index in [0.29, 0.717) is 5.13 Å². The zero-order valence-corrected chi connectivity index (χ0v) is 12.3. The lowest BCUT2D eigenvalue weighted by Gasteiger charge is -2.17. The SMILES string of the molecule is CC(C)C(C(=O)Nc1nc2ccccc2s1)C(N)=S. The van der Waals surface area contributed by atoms with E-state index in [1.165, 1.54) is 11.3 Å². The van der Waals surface area contributed by atoms with Crippen molar-refractivity contribution in [3.05, 3.63) is 24.3 Å². The van der Waals surface area contributed by atoms with E-state index in [2.05, 4.69) is 10.3 Å². The Hall–Kier alpha value is -1.53. The average Bonchev–Trinajstić information content (AvgIpc) is 2.69. The molecule has 1 unspecified atom stereocenters. The van der Waals surface area contributed by atoms with E-state index in [9.17, 15) is 4.79 Å². The highest BCUT2D eigenvalue weighted by atomic mass is 32.1. The maximum Gasteiger partial charge on any atom is 0.236 e. The number of nitrogens with two attached hydrogens (primary N) is 1. The van der Waals surface area contributed by atoms with Gasteiger partial charge in [0.2, 0.25) is 5.91 Å². The van der Waals surface area contributed by atoms with Gasteiger partial charge in [0.25, 0.3) is 0 Å². The number of rotatable bonds is 4. The average molecular weight is 293 g/mol. The predicted octanol–water partition coefficient (Wildman–Crippen LogP) is 2.79. The number of nitrogens with zero attached hydrogens (tertiary/aromatic N) is 1. The first-order chi connectivity index (χ1) is 8.99. The number of carbonyl (C=O) groups is 1. The van der Waals surface area contributed by atoms with Crippen LogP contribution in [0.5, 0.6) is 0 Å². The van der Waals surface area contributed by atoms with Crippen LogP contribution in [0.15, 0.2) is 24.3 Å². The van der Waals surface area contributed by atoms with Gasteiger partial charge in [-0.3, -0.25) is 4.79 Å². The molecule has 0 radical (unpaired) electrons. The standard InChI is InChI=1S/C13H15N3OS2/c1-7(2)10(11(14)18)12(17)16-13-15-8-5-3-4-6-9(8)19-13/h3-7,10H,1-2H3,(H2,14,18)(H,15,16,17). The highest BCUT2D eigenvalue weighted by Gasteiger charge is 2.25. The lowest BCUT2D eigenvalue weighted by Crippen LogP contribution is -2.36. The fourth-order valence-corrected chi connectivity index (χ4v) is 3.12. The van der Waals surface area contributed by atoms with Gasteiger partial charge >= 0.3 is 0 Å². The number of benzene rings is 1. The Kier molecular flexibility index (Phi) is 4.11. The highest BCUT2D eigenvalue weighted by molar-refractivity contribution is 7.80. The normalized spacial score (nSPS) is 12.6. The number of carbonyl (C=O) groups excluding carboxylic acids is 1. The molecule has 1 aromatic carbocycles. The number of thiocarbonyl (C=S) groups is 1. The molecule has 6 heteroatoms. The Bertz CT molecular complexity index is 588. The van der Waals surface area contributed by atoms with Crippen molar-refractivity contribution in [3.8, 4) is 0 Å². The molecule has 0 aliphatic carbocycles. The molecule has 1 amide bonds. The van der Waals surface area contributed by atoms with Gasteiger partial charge in [-0.2, -0.15) is 0 Å². The number of thiazole rings is 1. The van der Waals surface area contributed by atoms with Gasteiger partial charge in [0.15, 0.2) is 5.13 Å². The summed E-state index contributed by atoms with van der Waals surface area (Å²) >= 11 is 6.39. The molecule has 1 heterocycles. The van der Waals surface area contributed by atoms with Crippen molar-refractivity contribution in [2.24, 2.45) is 17.6 Å². The fourth-order valence-electron chi connectivity index (χ4n) is 1.87. The van der Waals surface area contributed by atoms with Crippen molar-refractivity contribution >= 4 is 49.8 Å². The van der Waals surface area contributed by atoms with Crippen LogP contribution in [0.2, 0.25) is 0 Å². The molecule has 3 N–H and O–H groups in total. The van der Waals surface area contributed by atoms with Crippen LogP contribution in [0.1, 0.15) is 13.8 Å². The van der Waals surface area contributed by atoms with Gasteiger partial charge in [0.05, 0.1) is 21.1 Å². The zero-order valence-electron chi connectivity index (χ0n) is 10.7. The summed E-state index contributed by atoms with van der Waals surface area (Å²) < 4.78 is 1.04. The molecule has 0 spiro atoms. The minimum absolute atomic E-state index is 0.0619. The summed E-state index contributed by atoms with van der Waals surface area (Å²) in [4.78, 5) is 16.7. The molecule has 1 aromatic heterocycles. The summed E-state index contributed by atoms with van der Waals surface area (Å²) in [5.41, 5.74) is 6.50. The van der Waals surface area contributed by atoms with Gasteiger partial charge in [0, 0.05) is 0 Å². The van der Waals surface area contributed by atoms with Crippen LogP contribution in [0.3, 0.4) is 0 Å². The lowest BCUT2D eigenvalue weighted by atomic mass is 9.95. The highest BCUT2D eigenvalue weighted by Crippen LogP contribution is 2.26. The van der Waals surface area contributed by atoms with Crippen LogP contribution in [0.4, 0.5) is 5.13 Å². The number of nitrogens with one attached hydrogen (secondary N) is 1. The van der Waals surface area contributed by atoms with E-state index >= 15 is 0 Å². The van der Waals surface area contributed by atoms with Gasteiger partial charge < -0.3 is 11.1 Å². The van der Waals surface area contributed by atoms with Gasteiger partial charge in [0.1, 0.15) is 0 Å². The largest absolute Gasteiger partial charge is 0.393 e. The molecule has 0 saturated heterocycles. The summed E-state index contributed by atoms with van der Waals surface area (Å²) in [5, 5.41) is 3.37. The van der Waals surface area contributed by atoms with E-state index in [0.717, 1.165) is 10.2 Å². The monoisotopic (exact) mass is 293 g/mol. The van der Waals surface area contributed by atoms with Crippen LogP contribution in [0, 0.1) is 11.8 Å². The van der Waals surface area contributed by atoms with Gasteiger partial charge in [-0.25, -0.2) is 4.98 Å². The molecule has 2 aromatic rings. The van der Waals surface area contributed by atoms with Gasteiger partial charge in [-0.05, 0) is 18.1 Å². The Morgan fingerprint density at radius 3 is 2.68 bits per heavy atom.